The number of unbranched alkanes of at least 4 members (excludes halogenated alkanes) is 3. The van der Waals surface area contributed by atoms with E-state index in [1.54, 1.807) is 0 Å². The Balaban J connectivity index is 0. The van der Waals surface area contributed by atoms with Crippen LogP contribution in [0, 0.1) is 51.1 Å². The van der Waals surface area contributed by atoms with Gasteiger partial charge in [-0.3, -0.25) is 0 Å². The van der Waals surface area contributed by atoms with Crippen molar-refractivity contribution in [1.82, 2.24) is 10.6 Å². The van der Waals surface area contributed by atoms with Crippen LogP contribution in [0.2, 0.25) is 0 Å². The quantitative estimate of drug-likeness (QED) is 0.525. The molecule has 0 heterocycles. The fourth-order valence-electron chi connectivity index (χ4n) is 1.13. The number of nitrogens with zero attached hydrogens (tertiary/aromatic N) is 5. The molecule has 0 aliphatic carbocycles. The molecule has 0 aliphatic rings. The van der Waals surface area contributed by atoms with Crippen LogP contribution in [0.15, 0.2) is 0 Å². The van der Waals surface area contributed by atoms with E-state index < -0.39 is 11.8 Å². The van der Waals surface area contributed by atoms with Crippen LogP contribution in [0.3, 0.4) is 0 Å². The zero-order valence-electron chi connectivity index (χ0n) is 12.3. The van der Waals surface area contributed by atoms with Crippen molar-refractivity contribution in [2.45, 2.75) is 25.7 Å². The number of hydrogen-bond donors (Lipinski definition) is 2. The summed E-state index contributed by atoms with van der Waals surface area (Å²) in [4.78, 5) is 6.12. The Hall–Kier alpha value is -2.11. The molecule has 21 heavy (non-hydrogen) atoms. The predicted octanol–water partition coefficient (Wildman–Crippen LogP) is 1.07. The Morgan fingerprint density at radius 3 is 1.05 bits per heavy atom. The van der Waals surface area contributed by atoms with E-state index in [0.717, 1.165) is 0 Å². The first-order valence-corrected chi connectivity index (χ1v) is 8.97. The van der Waals surface area contributed by atoms with Crippen molar-refractivity contribution in [3.05, 3.63) is 0 Å². The molecule has 0 unspecified atom stereocenters. The zero-order chi connectivity index (χ0) is 16.6. The molecule has 0 atom stereocenters. The van der Waals surface area contributed by atoms with Gasteiger partial charge in [0.15, 0.2) is 0 Å². The second kappa shape index (κ2) is 11.7. The number of hydrogen-bond acceptors (Lipinski definition) is 7. The van der Waals surface area contributed by atoms with Crippen LogP contribution in [0.5, 0.6) is 0 Å². The minimum atomic E-state index is -4.78. The standard InChI is InChI=1S/C8H20N2.5CN.Fe/c1-9-7-5-3-4-6-8-10-2;5*1-2;/h9-10H,3-8H2,1-2H3;;;;;;. The molecule has 115 valence electrons. The molecule has 0 saturated heterocycles. The maximum absolute atomic E-state index is 8.35. The van der Waals surface area contributed by atoms with Gasteiger partial charge in [0.05, 0.1) is 0 Å². The molecule has 0 aromatic heterocycles. The van der Waals surface area contributed by atoms with E-state index in [1.165, 1.54) is 63.6 Å². The molecule has 0 saturated carbocycles. The molecule has 0 bridgehead atoms. The van der Waals surface area contributed by atoms with Gasteiger partial charge in [0.1, 0.15) is 0 Å². The van der Waals surface area contributed by atoms with E-state index in [4.69, 9.17) is 26.3 Å². The molecule has 0 fully saturated rings. The van der Waals surface area contributed by atoms with Crippen molar-refractivity contribution in [3.8, 4) is 24.8 Å². The van der Waals surface area contributed by atoms with Crippen molar-refractivity contribution in [3.63, 3.8) is 0 Å². The van der Waals surface area contributed by atoms with Gasteiger partial charge in [-0.2, -0.15) is 0 Å². The third-order valence-corrected chi connectivity index (χ3v) is 4.86. The first-order chi connectivity index (χ1) is 10.0. The van der Waals surface area contributed by atoms with Gasteiger partial charge in [0.25, 0.3) is 0 Å². The summed E-state index contributed by atoms with van der Waals surface area (Å²) in [6.07, 6.45) is 5.37. The van der Waals surface area contributed by atoms with Gasteiger partial charge in [0.2, 0.25) is 0 Å². The normalized spacial score (nSPS) is 10.8. The van der Waals surface area contributed by atoms with Crippen LogP contribution in [0.1, 0.15) is 25.7 Å². The second-order valence-electron chi connectivity index (χ2n) is 3.90. The minimum absolute atomic E-state index is 1.17. The average Bonchev–Trinajstić information content (AvgIpc) is 2.55. The Morgan fingerprint density at radius 2 is 0.905 bits per heavy atom. The Labute approximate surface area is 127 Å². The topological polar surface area (TPSA) is 143 Å². The van der Waals surface area contributed by atoms with Gasteiger partial charge < -0.3 is 10.6 Å². The van der Waals surface area contributed by atoms with Crippen LogP contribution in [0.25, 0.3) is 0 Å². The van der Waals surface area contributed by atoms with E-state index >= 15 is 0 Å². The summed E-state index contributed by atoms with van der Waals surface area (Å²) < 4.78 is 0. The van der Waals surface area contributed by atoms with Crippen molar-refractivity contribution in [2.24, 2.45) is 0 Å². The first-order valence-electron chi connectivity index (χ1n) is 6.21. The van der Waals surface area contributed by atoms with Crippen LogP contribution in [-0.4, -0.2) is 27.2 Å². The zero-order valence-corrected chi connectivity index (χ0v) is 13.4. The molecule has 8 heteroatoms. The van der Waals surface area contributed by atoms with E-state index in [0.29, 0.717) is 0 Å². The molecule has 2 N–H and O–H groups in total. The van der Waals surface area contributed by atoms with Gasteiger partial charge in [0, 0.05) is 0 Å². The van der Waals surface area contributed by atoms with Crippen molar-refractivity contribution >= 4 is 0 Å². The predicted molar refractivity (Wildman–Crippen MR) is 74.4 cm³/mol. The van der Waals surface area contributed by atoms with Crippen LogP contribution in [0.4, 0.5) is 0 Å². The van der Waals surface area contributed by atoms with Crippen LogP contribution in [-0.2, 0) is 11.8 Å². The summed E-state index contributed by atoms with van der Waals surface area (Å²) in [5, 5.41) is 48.0. The molecular weight excluding hydrogens is 310 g/mol. The molecule has 7 nitrogen and oxygen atoms in total. The summed E-state index contributed by atoms with van der Waals surface area (Å²) in [6, 6.07) is 0. The summed E-state index contributed by atoms with van der Waals surface area (Å²) in [5.74, 6) is 0. The summed E-state index contributed by atoms with van der Waals surface area (Å²) >= 11 is -4.78. The third-order valence-electron chi connectivity index (χ3n) is 2.39. The molecule has 0 spiro atoms. The average molecular weight is 330 g/mol. The summed E-state index contributed by atoms with van der Waals surface area (Å²) in [6.45, 7) is 2.33. The number of nitrogens with one attached hydrogen (secondary N) is 2. The summed E-state index contributed by atoms with van der Waals surface area (Å²) in [7, 11) is 4.02. The fourth-order valence-corrected chi connectivity index (χ4v) is 1.69. The molecular formula is C13H20FeN7. The van der Waals surface area contributed by atoms with Crippen molar-refractivity contribution in [2.75, 3.05) is 27.2 Å². The van der Waals surface area contributed by atoms with Gasteiger partial charge >= 0.3 is 62.9 Å². The van der Waals surface area contributed by atoms with Gasteiger partial charge in [-0.05, 0) is 40.0 Å². The Kier molecular flexibility index (Phi) is 11.8. The Bertz CT molecular complexity index is 402. The first kappa shape index (κ1) is 21.2. The number of nitriles is 5. The summed E-state index contributed by atoms with van der Waals surface area (Å²) in [5.41, 5.74) is 0. The van der Waals surface area contributed by atoms with Gasteiger partial charge in [-0.15, -0.1) is 0 Å². The maximum atomic E-state index is 8.35. The molecule has 0 aromatic carbocycles. The number of rotatable bonds is 7. The molecule has 0 aromatic rings. The third kappa shape index (κ3) is 7.29. The van der Waals surface area contributed by atoms with E-state index in [1.807, 2.05) is 14.1 Å². The molecule has 0 radical (unpaired) electrons. The van der Waals surface area contributed by atoms with Crippen molar-refractivity contribution < 1.29 is 11.8 Å². The molecule has 0 amide bonds. The fraction of sp³-hybridized carbons (Fsp3) is 0.615. The molecule has 0 rings (SSSR count). The van der Waals surface area contributed by atoms with Crippen LogP contribution < -0.4 is 10.6 Å². The SMILES string of the molecule is CNCCCCCCNC.N#[C][Fe]([C]#N)([C]#N)([C]#N)[C]#N. The monoisotopic (exact) mass is 330 g/mol. The van der Waals surface area contributed by atoms with E-state index in [2.05, 4.69) is 10.6 Å². The van der Waals surface area contributed by atoms with Crippen molar-refractivity contribution in [1.29, 1.82) is 26.3 Å². The van der Waals surface area contributed by atoms with Crippen LogP contribution >= 0.6 is 0 Å². The van der Waals surface area contributed by atoms with E-state index in [-0.39, 0.29) is 0 Å². The molecule has 0 aliphatic heterocycles. The van der Waals surface area contributed by atoms with E-state index in [9.17, 15) is 0 Å². The van der Waals surface area contributed by atoms with Gasteiger partial charge in [-0.25, -0.2) is 0 Å². The second-order valence-corrected chi connectivity index (χ2v) is 7.90. The Morgan fingerprint density at radius 1 is 0.619 bits per heavy atom. The van der Waals surface area contributed by atoms with Gasteiger partial charge in [-0.1, -0.05) is 12.8 Å².